The minimum atomic E-state index is -0.995. The van der Waals surface area contributed by atoms with E-state index >= 15 is 0 Å². The lowest BCUT2D eigenvalue weighted by Gasteiger charge is -2.24. The number of thiazole rings is 1. The number of rotatable bonds is 9. The molecule has 1 fully saturated rings. The molecule has 10 heteroatoms. The first-order valence-corrected chi connectivity index (χ1v) is 13.6. The maximum Gasteiger partial charge on any atom is 0.301 e. The molecule has 0 aliphatic carbocycles. The minimum absolute atomic E-state index is 0.0774. The average Bonchev–Trinajstić information content (AvgIpc) is 3.49. The molecule has 5 rings (SSSR count). The van der Waals surface area contributed by atoms with E-state index in [0.717, 1.165) is 4.70 Å². The molecule has 1 aliphatic heterocycles. The Kier molecular flexibility index (Phi) is 7.77. The normalized spacial score (nSPS) is 16.4. The van der Waals surface area contributed by atoms with Crippen LogP contribution in [0.2, 0.25) is 5.02 Å². The number of amides is 1. The number of fused-ring (bicyclic) bond motifs is 1. The molecule has 1 aromatic heterocycles. The lowest BCUT2D eigenvalue weighted by Crippen LogP contribution is -2.29. The van der Waals surface area contributed by atoms with Gasteiger partial charge in [-0.25, -0.2) is 4.98 Å². The number of hydrogen-bond acceptors (Lipinski definition) is 8. The molecule has 8 nitrogen and oxygen atoms in total. The summed E-state index contributed by atoms with van der Waals surface area (Å²) in [6, 6.07) is 15.9. The maximum absolute atomic E-state index is 13.6. The predicted octanol–water partition coefficient (Wildman–Crippen LogP) is 6.55. The van der Waals surface area contributed by atoms with Crippen LogP contribution in [-0.2, 0) is 9.59 Å². The van der Waals surface area contributed by atoms with E-state index in [1.54, 1.807) is 67.8 Å². The van der Waals surface area contributed by atoms with Gasteiger partial charge in [-0.2, -0.15) is 0 Å². The van der Waals surface area contributed by atoms with Crippen molar-refractivity contribution in [1.82, 2.24) is 4.98 Å². The Balaban J connectivity index is 1.71. The van der Waals surface area contributed by atoms with Crippen molar-refractivity contribution in [2.24, 2.45) is 0 Å². The average molecular weight is 577 g/mol. The van der Waals surface area contributed by atoms with Crippen molar-refractivity contribution in [2.45, 2.75) is 13.0 Å². The van der Waals surface area contributed by atoms with Gasteiger partial charge in [0, 0.05) is 10.6 Å². The third-order valence-electron chi connectivity index (χ3n) is 6.29. The predicted molar refractivity (Wildman–Crippen MR) is 156 cm³/mol. The van der Waals surface area contributed by atoms with Crippen LogP contribution in [0.1, 0.15) is 24.1 Å². The van der Waals surface area contributed by atoms with E-state index in [-0.39, 0.29) is 17.9 Å². The van der Waals surface area contributed by atoms with Crippen molar-refractivity contribution in [3.63, 3.8) is 0 Å². The second-order valence-electron chi connectivity index (χ2n) is 8.74. The second kappa shape index (κ2) is 11.4. The number of aliphatic hydroxyl groups is 1. The lowest BCUT2D eigenvalue weighted by molar-refractivity contribution is -0.132. The lowest BCUT2D eigenvalue weighted by atomic mass is 9.95. The monoisotopic (exact) mass is 576 g/mol. The summed E-state index contributed by atoms with van der Waals surface area (Å²) in [5.41, 5.74) is 1.44. The van der Waals surface area contributed by atoms with Crippen molar-refractivity contribution in [3.05, 3.63) is 95.0 Å². The molecule has 0 spiro atoms. The Labute approximate surface area is 239 Å². The van der Waals surface area contributed by atoms with Crippen molar-refractivity contribution in [3.8, 4) is 17.2 Å². The van der Waals surface area contributed by atoms with Gasteiger partial charge in [0.1, 0.15) is 18.1 Å². The standard InChI is InChI=1S/C30H25ClN2O6S/c1-4-14-39-22-13-8-18(15-23(22)38-5-2)26-25(27(34)17-6-9-19(31)10-7-17)28(35)29(36)33(26)30-32-21-12-11-20(37-3)16-24(21)40-30/h4,6-13,15-16,26,34H,1,5,14H2,2-3H3. The highest BCUT2D eigenvalue weighted by molar-refractivity contribution is 7.22. The zero-order valence-corrected chi connectivity index (χ0v) is 23.3. The third kappa shape index (κ3) is 5.01. The van der Waals surface area contributed by atoms with Gasteiger partial charge in [-0.05, 0) is 67.1 Å². The van der Waals surface area contributed by atoms with Crippen LogP contribution in [0.15, 0.2) is 78.9 Å². The van der Waals surface area contributed by atoms with E-state index in [9.17, 15) is 14.7 Å². The Bertz CT molecular complexity index is 1650. The van der Waals surface area contributed by atoms with Crippen molar-refractivity contribution in [2.75, 3.05) is 25.2 Å². The zero-order valence-electron chi connectivity index (χ0n) is 21.7. The van der Waals surface area contributed by atoms with Crippen LogP contribution in [0.25, 0.3) is 16.0 Å². The smallest absolute Gasteiger partial charge is 0.301 e. The molecule has 1 aliphatic rings. The molecular weight excluding hydrogens is 552 g/mol. The number of carbonyl (C=O) groups is 2. The van der Waals surface area contributed by atoms with Crippen LogP contribution in [0.5, 0.6) is 17.2 Å². The number of aromatic nitrogens is 1. The SMILES string of the molecule is C=CCOc1ccc(C2C(=C(O)c3ccc(Cl)cc3)C(=O)C(=O)N2c2nc3ccc(OC)cc3s2)cc1OCC. The van der Waals surface area contributed by atoms with Gasteiger partial charge in [-0.15, -0.1) is 0 Å². The summed E-state index contributed by atoms with van der Waals surface area (Å²) in [5, 5.41) is 12.2. The van der Waals surface area contributed by atoms with E-state index in [1.165, 1.54) is 16.2 Å². The van der Waals surface area contributed by atoms with Gasteiger partial charge in [0.05, 0.1) is 35.5 Å². The number of hydrogen-bond donors (Lipinski definition) is 1. The van der Waals surface area contributed by atoms with E-state index < -0.39 is 17.7 Å². The van der Waals surface area contributed by atoms with Gasteiger partial charge in [-0.3, -0.25) is 14.5 Å². The molecular formula is C30H25ClN2O6S. The molecule has 0 radical (unpaired) electrons. The number of methoxy groups -OCH3 is 1. The van der Waals surface area contributed by atoms with Crippen LogP contribution in [0, 0.1) is 0 Å². The quantitative estimate of drug-likeness (QED) is 0.104. The van der Waals surface area contributed by atoms with Gasteiger partial charge in [0.15, 0.2) is 16.6 Å². The fourth-order valence-corrected chi connectivity index (χ4v) is 5.61. The summed E-state index contributed by atoms with van der Waals surface area (Å²) in [5.74, 6) is -0.424. The fraction of sp³-hybridized carbons (Fsp3) is 0.167. The molecule has 4 aromatic rings. The Hall–Kier alpha value is -4.34. The molecule has 1 saturated heterocycles. The Morgan fingerprint density at radius 3 is 2.58 bits per heavy atom. The number of anilines is 1. The summed E-state index contributed by atoms with van der Waals surface area (Å²) in [6.45, 7) is 6.15. The first-order chi connectivity index (χ1) is 19.4. The molecule has 40 heavy (non-hydrogen) atoms. The number of ketones is 1. The number of ether oxygens (including phenoxy) is 3. The fourth-order valence-electron chi connectivity index (χ4n) is 4.46. The summed E-state index contributed by atoms with van der Waals surface area (Å²) in [6.07, 6.45) is 1.62. The van der Waals surface area contributed by atoms with Gasteiger partial charge in [0.25, 0.3) is 5.78 Å². The van der Waals surface area contributed by atoms with Crippen LogP contribution in [-0.4, -0.2) is 42.1 Å². The van der Waals surface area contributed by atoms with Gasteiger partial charge >= 0.3 is 5.91 Å². The van der Waals surface area contributed by atoms with Crippen LogP contribution in [0.3, 0.4) is 0 Å². The summed E-state index contributed by atoms with van der Waals surface area (Å²) in [4.78, 5) is 33.1. The van der Waals surface area contributed by atoms with Crippen molar-refractivity contribution >= 4 is 55.7 Å². The van der Waals surface area contributed by atoms with E-state index in [4.69, 9.17) is 25.8 Å². The number of Topliss-reactive ketones (excluding diaryl/α,β-unsaturated/α-hetero) is 1. The highest BCUT2D eigenvalue weighted by Gasteiger charge is 2.48. The molecule has 1 atom stereocenters. The number of halogens is 1. The number of nitrogens with zero attached hydrogens (tertiary/aromatic N) is 2. The minimum Gasteiger partial charge on any atom is -0.507 e. The highest BCUT2D eigenvalue weighted by atomic mass is 35.5. The second-order valence-corrected chi connectivity index (χ2v) is 10.2. The highest BCUT2D eigenvalue weighted by Crippen LogP contribution is 2.46. The number of benzene rings is 3. The molecule has 0 saturated carbocycles. The Morgan fingerprint density at radius 2 is 1.88 bits per heavy atom. The molecule has 204 valence electrons. The van der Waals surface area contributed by atoms with Crippen molar-refractivity contribution < 1.29 is 28.9 Å². The van der Waals surface area contributed by atoms with Crippen LogP contribution >= 0.6 is 22.9 Å². The third-order valence-corrected chi connectivity index (χ3v) is 7.56. The van der Waals surface area contributed by atoms with Crippen LogP contribution in [0.4, 0.5) is 5.13 Å². The zero-order chi connectivity index (χ0) is 28.4. The first-order valence-electron chi connectivity index (χ1n) is 12.4. The maximum atomic E-state index is 13.6. The molecule has 1 N–H and O–H groups in total. The van der Waals surface area contributed by atoms with Gasteiger partial charge < -0.3 is 19.3 Å². The first kappa shape index (κ1) is 27.2. The molecule has 3 aromatic carbocycles. The Morgan fingerprint density at radius 1 is 1.10 bits per heavy atom. The molecule has 0 bridgehead atoms. The molecule has 1 amide bonds. The van der Waals surface area contributed by atoms with Gasteiger partial charge in [0.2, 0.25) is 0 Å². The van der Waals surface area contributed by atoms with E-state index in [0.29, 0.717) is 50.7 Å². The topological polar surface area (TPSA) is 98.2 Å². The molecule has 1 unspecified atom stereocenters. The number of aliphatic hydroxyl groups excluding tert-OH is 1. The van der Waals surface area contributed by atoms with Crippen LogP contribution < -0.4 is 19.1 Å². The van der Waals surface area contributed by atoms with Gasteiger partial charge in [-0.1, -0.05) is 41.7 Å². The van der Waals surface area contributed by atoms with E-state index in [1.807, 2.05) is 13.0 Å². The number of carbonyl (C=O) groups excluding carboxylic acids is 2. The summed E-state index contributed by atoms with van der Waals surface area (Å²) in [7, 11) is 1.57. The van der Waals surface area contributed by atoms with Crippen molar-refractivity contribution in [1.29, 1.82) is 0 Å². The van der Waals surface area contributed by atoms with E-state index in [2.05, 4.69) is 11.6 Å². The largest absolute Gasteiger partial charge is 0.507 e. The molecule has 2 heterocycles. The summed E-state index contributed by atoms with van der Waals surface area (Å²) < 4.78 is 17.7. The summed E-state index contributed by atoms with van der Waals surface area (Å²) >= 11 is 7.28.